The highest BCUT2D eigenvalue weighted by atomic mass is 31.2. The molecule has 1 aliphatic heterocycles. The monoisotopic (exact) mass is 364 g/mol. The molecule has 2 rings (SSSR count). The third-order valence-corrected chi connectivity index (χ3v) is 5.92. The van der Waals surface area contributed by atoms with Crippen molar-refractivity contribution in [3.05, 3.63) is 33.1 Å². The molecule has 0 bridgehead atoms. The van der Waals surface area contributed by atoms with Gasteiger partial charge >= 0.3 is 13.3 Å². The van der Waals surface area contributed by atoms with Crippen LogP contribution >= 0.6 is 7.60 Å². The van der Waals surface area contributed by atoms with E-state index in [1.54, 1.807) is 0 Å². The van der Waals surface area contributed by atoms with Gasteiger partial charge in [0.2, 0.25) is 0 Å². The minimum absolute atomic E-state index is 0.447. The fraction of sp³-hybridized carbons (Fsp3) is 0.692. The molecule has 136 valence electrons. The molecule has 10 nitrogen and oxygen atoms in total. The normalized spacial score (nSPS) is 30.2. The van der Waals surface area contributed by atoms with E-state index in [0.717, 1.165) is 16.8 Å². The van der Waals surface area contributed by atoms with Gasteiger partial charge in [-0.3, -0.25) is 18.9 Å². The predicted molar refractivity (Wildman–Crippen MR) is 82.8 cm³/mol. The van der Waals surface area contributed by atoms with Crippen molar-refractivity contribution >= 4 is 7.60 Å². The first-order valence-electron chi connectivity index (χ1n) is 7.24. The standard InChI is InChI=1S/C13H21N2O8P/c1-13(2,3)24(20,21)22-6-7-9(17)10(18)11(23-7)15-5-4-8(16)14-12(15)19/h4-5,7,9-11,17-18H,6H2,1-3H3,(H,20,21)(H,14,16,19)/t7-,9?,10?,11-/m1/s1. The second kappa shape index (κ2) is 6.55. The summed E-state index contributed by atoms with van der Waals surface area (Å²) in [5.41, 5.74) is -1.43. The molecule has 0 aromatic carbocycles. The van der Waals surface area contributed by atoms with Crippen LogP contribution in [-0.2, 0) is 13.8 Å². The van der Waals surface area contributed by atoms with E-state index in [1.165, 1.54) is 20.8 Å². The molecule has 24 heavy (non-hydrogen) atoms. The maximum Gasteiger partial charge on any atom is 0.333 e. The summed E-state index contributed by atoms with van der Waals surface area (Å²) in [6, 6.07) is 1.06. The molecule has 11 heteroatoms. The van der Waals surface area contributed by atoms with Crippen molar-refractivity contribution < 1.29 is 28.9 Å². The Labute approximate surface area is 137 Å². The summed E-state index contributed by atoms with van der Waals surface area (Å²) in [5.74, 6) is 0. The van der Waals surface area contributed by atoms with Crippen LogP contribution in [0, 0.1) is 0 Å². The van der Waals surface area contributed by atoms with Gasteiger partial charge in [0, 0.05) is 12.3 Å². The number of ether oxygens (including phenoxy) is 1. The van der Waals surface area contributed by atoms with Crippen LogP contribution in [0.15, 0.2) is 21.9 Å². The van der Waals surface area contributed by atoms with Gasteiger partial charge in [-0.25, -0.2) is 4.79 Å². The smallest absolute Gasteiger partial charge is 0.333 e. The lowest BCUT2D eigenvalue weighted by Gasteiger charge is -2.26. The summed E-state index contributed by atoms with van der Waals surface area (Å²) in [4.78, 5) is 34.7. The summed E-state index contributed by atoms with van der Waals surface area (Å²) < 4.78 is 23.4. The highest BCUT2D eigenvalue weighted by Crippen LogP contribution is 2.55. The number of hydrogen-bond acceptors (Lipinski definition) is 7. The fourth-order valence-corrected chi connectivity index (χ4v) is 2.83. The fourth-order valence-electron chi connectivity index (χ4n) is 2.09. The average Bonchev–Trinajstić information content (AvgIpc) is 2.72. The van der Waals surface area contributed by atoms with E-state index in [9.17, 15) is 29.3 Å². The number of aliphatic hydroxyl groups excluding tert-OH is 2. The molecule has 0 aliphatic carbocycles. The Morgan fingerprint density at radius 2 is 1.96 bits per heavy atom. The van der Waals surface area contributed by atoms with Crippen LogP contribution in [0.5, 0.6) is 0 Å². The van der Waals surface area contributed by atoms with E-state index < -0.39 is 55.1 Å². The molecule has 0 amide bonds. The van der Waals surface area contributed by atoms with Gasteiger partial charge in [0.15, 0.2) is 6.23 Å². The number of aliphatic hydroxyl groups is 2. The van der Waals surface area contributed by atoms with Crippen LogP contribution in [0.25, 0.3) is 0 Å². The number of nitrogens with zero attached hydrogens (tertiary/aromatic N) is 1. The van der Waals surface area contributed by atoms with E-state index >= 15 is 0 Å². The first-order valence-corrected chi connectivity index (χ1v) is 8.82. The summed E-state index contributed by atoms with van der Waals surface area (Å²) in [6.07, 6.45) is -4.17. The van der Waals surface area contributed by atoms with Gasteiger partial charge in [-0.05, 0) is 20.8 Å². The molecule has 1 aromatic rings. The Bertz CT molecular complexity index is 751. The molecule has 2 heterocycles. The lowest BCUT2D eigenvalue weighted by Crippen LogP contribution is -2.37. The Hall–Kier alpha value is -1.29. The van der Waals surface area contributed by atoms with Gasteiger partial charge in [0.05, 0.1) is 11.8 Å². The van der Waals surface area contributed by atoms with Crippen molar-refractivity contribution in [2.45, 2.75) is 50.5 Å². The van der Waals surface area contributed by atoms with Crippen LogP contribution in [0.4, 0.5) is 0 Å². The van der Waals surface area contributed by atoms with Gasteiger partial charge in [0.1, 0.15) is 18.3 Å². The summed E-state index contributed by atoms with van der Waals surface area (Å²) in [6.45, 7) is 4.13. The molecule has 1 aliphatic rings. The molecular weight excluding hydrogens is 343 g/mol. The maximum absolute atomic E-state index is 12.1. The van der Waals surface area contributed by atoms with E-state index in [4.69, 9.17) is 9.26 Å². The molecular formula is C13H21N2O8P. The minimum Gasteiger partial charge on any atom is -0.387 e. The van der Waals surface area contributed by atoms with Crippen LogP contribution in [0.3, 0.4) is 0 Å². The largest absolute Gasteiger partial charge is 0.387 e. The summed E-state index contributed by atoms with van der Waals surface area (Å²) >= 11 is 0. The second-order valence-electron chi connectivity index (χ2n) is 6.55. The average molecular weight is 364 g/mol. The number of H-pyrrole nitrogens is 1. The molecule has 1 fully saturated rings. The molecule has 5 atom stereocenters. The van der Waals surface area contributed by atoms with Gasteiger partial charge in [-0.1, -0.05) is 0 Å². The molecule has 1 saturated heterocycles. The highest BCUT2D eigenvalue weighted by molar-refractivity contribution is 7.54. The lowest BCUT2D eigenvalue weighted by atomic mass is 10.1. The van der Waals surface area contributed by atoms with Crippen LogP contribution in [-0.4, -0.2) is 54.7 Å². The Morgan fingerprint density at radius 1 is 1.33 bits per heavy atom. The van der Waals surface area contributed by atoms with Crippen molar-refractivity contribution in [1.82, 2.24) is 9.55 Å². The van der Waals surface area contributed by atoms with Crippen molar-refractivity contribution in [2.24, 2.45) is 0 Å². The zero-order valence-corrected chi connectivity index (χ0v) is 14.3. The van der Waals surface area contributed by atoms with Crippen molar-refractivity contribution in [2.75, 3.05) is 6.61 Å². The molecule has 0 radical (unpaired) electrons. The third-order valence-electron chi connectivity index (χ3n) is 3.72. The SMILES string of the molecule is CC(C)(C)P(=O)(O)OC[C@H]1O[C@@H](n2ccc(=O)[nH]c2=O)C(O)C1O. The van der Waals surface area contributed by atoms with E-state index in [-0.39, 0.29) is 0 Å². The summed E-state index contributed by atoms with van der Waals surface area (Å²) in [5, 5.41) is 19.0. The Morgan fingerprint density at radius 3 is 2.50 bits per heavy atom. The third kappa shape index (κ3) is 3.69. The molecule has 0 spiro atoms. The van der Waals surface area contributed by atoms with E-state index in [0.29, 0.717) is 0 Å². The molecule has 4 N–H and O–H groups in total. The van der Waals surface area contributed by atoms with Crippen LogP contribution < -0.4 is 11.2 Å². The lowest BCUT2D eigenvalue weighted by molar-refractivity contribution is -0.0529. The van der Waals surface area contributed by atoms with Gasteiger partial charge in [0.25, 0.3) is 5.56 Å². The minimum atomic E-state index is -3.97. The zero-order chi connectivity index (χ0) is 18.3. The number of hydrogen-bond donors (Lipinski definition) is 4. The molecule has 1 aromatic heterocycles. The quantitative estimate of drug-likeness (QED) is 0.505. The second-order valence-corrected chi connectivity index (χ2v) is 9.19. The van der Waals surface area contributed by atoms with Gasteiger partial charge < -0.3 is 24.4 Å². The van der Waals surface area contributed by atoms with E-state index in [2.05, 4.69) is 0 Å². The molecule has 3 unspecified atom stereocenters. The van der Waals surface area contributed by atoms with Crippen molar-refractivity contribution in [1.29, 1.82) is 0 Å². The highest BCUT2D eigenvalue weighted by Gasteiger charge is 2.46. The van der Waals surface area contributed by atoms with Crippen molar-refractivity contribution in [3.63, 3.8) is 0 Å². The van der Waals surface area contributed by atoms with E-state index in [1.807, 2.05) is 4.98 Å². The molecule has 0 saturated carbocycles. The van der Waals surface area contributed by atoms with Crippen LogP contribution in [0.2, 0.25) is 0 Å². The number of nitrogens with one attached hydrogen (secondary N) is 1. The topological polar surface area (TPSA) is 151 Å². The Kier molecular flexibility index (Phi) is 5.19. The van der Waals surface area contributed by atoms with Gasteiger partial charge in [-0.15, -0.1) is 0 Å². The van der Waals surface area contributed by atoms with Crippen LogP contribution in [0.1, 0.15) is 27.0 Å². The number of rotatable bonds is 4. The first-order chi connectivity index (χ1) is 10.9. The van der Waals surface area contributed by atoms with Crippen molar-refractivity contribution in [3.8, 4) is 0 Å². The summed E-state index contributed by atoms with van der Waals surface area (Å²) in [7, 11) is -3.97. The maximum atomic E-state index is 12.1. The van der Waals surface area contributed by atoms with Gasteiger partial charge in [-0.2, -0.15) is 0 Å². The predicted octanol–water partition coefficient (Wildman–Crippen LogP) is -0.844. The zero-order valence-electron chi connectivity index (χ0n) is 13.4. The Balaban J connectivity index is 2.14. The number of aromatic nitrogens is 2. The number of aromatic amines is 1. The first kappa shape index (κ1) is 19.0.